The van der Waals surface area contributed by atoms with Crippen LogP contribution in [-0.4, -0.2) is 0 Å². The number of rotatable bonds is 4. The Bertz CT molecular complexity index is 166. The summed E-state index contributed by atoms with van der Waals surface area (Å²) in [6.45, 7) is 2.19. The van der Waals surface area contributed by atoms with E-state index in [2.05, 4.69) is 24.7 Å². The predicted molar refractivity (Wildman–Crippen MR) is 48.3 cm³/mol. The molecule has 0 bridgehead atoms. The first-order chi connectivity index (χ1) is 5.41. The van der Waals surface area contributed by atoms with E-state index < -0.39 is 0 Å². The van der Waals surface area contributed by atoms with Gasteiger partial charge in [0.15, 0.2) is 0 Å². The van der Waals surface area contributed by atoms with Crippen LogP contribution in [0.15, 0.2) is 0 Å². The van der Waals surface area contributed by atoms with Crippen molar-refractivity contribution in [3.63, 3.8) is 0 Å². The van der Waals surface area contributed by atoms with Gasteiger partial charge in [-0.05, 0) is 12.8 Å². The van der Waals surface area contributed by atoms with E-state index in [-0.39, 0.29) is 18.9 Å². The number of hydrogen-bond donors (Lipinski definition) is 0. The summed E-state index contributed by atoms with van der Waals surface area (Å²) < 4.78 is 0. The Balaban J connectivity index is 0. The maximum absolute atomic E-state index is 6.63. The first-order valence-corrected chi connectivity index (χ1v) is 4.27. The molecular weight excluding hydrogens is 139 g/mol. The summed E-state index contributed by atoms with van der Waals surface area (Å²) in [5.41, 5.74) is 0. The second kappa shape index (κ2) is 13.3. The van der Waals surface area contributed by atoms with Gasteiger partial charge in [0.1, 0.15) is 0 Å². The van der Waals surface area contributed by atoms with Crippen LogP contribution in [0.4, 0.5) is 0 Å². The normalized spacial score (nSPS) is 7.33. The quantitative estimate of drug-likeness (QED) is 0.230. The Labute approximate surface area is 88.7 Å². The van der Waals surface area contributed by atoms with E-state index in [1.54, 1.807) is 0 Å². The van der Waals surface area contributed by atoms with Crippen LogP contribution in [0.5, 0.6) is 0 Å². The van der Waals surface area contributed by atoms with Gasteiger partial charge in [-0.2, -0.15) is 0 Å². The summed E-state index contributed by atoms with van der Waals surface area (Å²) in [5.74, 6) is 8.41. The summed E-state index contributed by atoms with van der Waals surface area (Å²) in [6, 6.07) is 0. The van der Waals surface area contributed by atoms with Crippen LogP contribution in [-0.2, 0) is 0 Å². The minimum atomic E-state index is 0. The molecule has 0 radical (unpaired) electrons. The summed E-state index contributed by atoms with van der Waals surface area (Å²) in [4.78, 5) is 0. The third-order valence-corrected chi connectivity index (χ3v) is 1.41. The molecule has 0 aliphatic heterocycles. The number of hydrogen-bond acceptors (Lipinski definition) is 0. The fraction of sp³-hybridized carbons (Fsp3) is 0.636. The van der Waals surface area contributed by atoms with Crippen molar-refractivity contribution in [2.24, 2.45) is 0 Å². The molecule has 0 atom stereocenters. The van der Waals surface area contributed by atoms with Gasteiger partial charge in [0, 0.05) is 12.8 Å². The summed E-state index contributed by atoms with van der Waals surface area (Å²) in [7, 11) is 0. The average molecular weight is 154 g/mol. The van der Waals surface area contributed by atoms with E-state index >= 15 is 0 Å². The molecule has 0 aromatic rings. The molecule has 12 heavy (non-hydrogen) atoms. The standard InChI is InChI=1S/C11H15.Li/c1-3-5-7-9-11-10-8-6-4-2;/h3,5-9H2,1H3;/q-1;+1. The van der Waals surface area contributed by atoms with Crippen molar-refractivity contribution in [3.05, 3.63) is 6.42 Å². The molecule has 0 spiro atoms. The van der Waals surface area contributed by atoms with E-state index in [1.165, 1.54) is 19.3 Å². The van der Waals surface area contributed by atoms with Crippen LogP contribution in [0, 0.1) is 24.2 Å². The average Bonchev–Trinajstić information content (AvgIpc) is 2.03. The van der Waals surface area contributed by atoms with Crippen molar-refractivity contribution in [2.45, 2.75) is 45.4 Å². The van der Waals surface area contributed by atoms with Crippen molar-refractivity contribution in [3.8, 4) is 17.8 Å². The smallest absolute Gasteiger partial charge is 0.694 e. The molecule has 0 fully saturated rings. The van der Waals surface area contributed by atoms with Crippen LogP contribution in [0.1, 0.15) is 45.4 Å². The fourth-order valence-corrected chi connectivity index (χ4v) is 0.765. The van der Waals surface area contributed by atoms with Gasteiger partial charge < -0.3 is 12.3 Å². The molecule has 0 saturated carbocycles. The van der Waals surface area contributed by atoms with Crippen LogP contribution in [0.3, 0.4) is 0 Å². The van der Waals surface area contributed by atoms with Crippen molar-refractivity contribution in [2.75, 3.05) is 0 Å². The summed E-state index contributed by atoms with van der Waals surface area (Å²) in [5, 5.41) is 0. The maximum atomic E-state index is 6.63. The zero-order valence-electron chi connectivity index (χ0n) is 8.24. The Kier molecular flexibility index (Phi) is 15.8. The Morgan fingerprint density at radius 3 is 2.25 bits per heavy atom. The Morgan fingerprint density at radius 2 is 1.67 bits per heavy atom. The zero-order chi connectivity index (χ0) is 8.36. The van der Waals surface area contributed by atoms with Gasteiger partial charge in [-0.1, -0.05) is 19.8 Å². The largest absolute Gasteiger partial charge is 1.00 e. The molecule has 0 aliphatic rings. The minimum absolute atomic E-state index is 0. The van der Waals surface area contributed by atoms with Gasteiger partial charge in [0.2, 0.25) is 0 Å². The molecule has 1 heteroatoms. The third-order valence-electron chi connectivity index (χ3n) is 1.41. The van der Waals surface area contributed by atoms with Gasteiger partial charge >= 0.3 is 18.9 Å². The molecule has 0 rings (SSSR count). The minimum Gasteiger partial charge on any atom is -0.694 e. The van der Waals surface area contributed by atoms with E-state index in [0.717, 1.165) is 12.8 Å². The first kappa shape index (κ1) is 14.3. The predicted octanol–water partition coefficient (Wildman–Crippen LogP) is -0.0559. The van der Waals surface area contributed by atoms with Gasteiger partial charge in [-0.15, -0.1) is 11.8 Å². The fourth-order valence-electron chi connectivity index (χ4n) is 0.765. The Morgan fingerprint density at radius 1 is 1.00 bits per heavy atom. The topological polar surface area (TPSA) is 0 Å². The van der Waals surface area contributed by atoms with Gasteiger partial charge in [-0.3, -0.25) is 0 Å². The molecule has 0 aliphatic carbocycles. The van der Waals surface area contributed by atoms with Crippen molar-refractivity contribution < 1.29 is 18.9 Å². The van der Waals surface area contributed by atoms with Crippen molar-refractivity contribution in [1.82, 2.24) is 0 Å². The zero-order valence-corrected chi connectivity index (χ0v) is 8.24. The van der Waals surface area contributed by atoms with Gasteiger partial charge in [-0.25, -0.2) is 0 Å². The van der Waals surface area contributed by atoms with E-state index in [0.29, 0.717) is 6.42 Å². The van der Waals surface area contributed by atoms with Crippen LogP contribution in [0.25, 0.3) is 0 Å². The monoisotopic (exact) mass is 154 g/mol. The van der Waals surface area contributed by atoms with Crippen LogP contribution in [0.2, 0.25) is 0 Å². The van der Waals surface area contributed by atoms with Gasteiger partial charge in [0.25, 0.3) is 0 Å². The second-order valence-corrected chi connectivity index (χ2v) is 2.49. The molecule has 0 N–H and O–H groups in total. The summed E-state index contributed by atoms with van der Waals surface area (Å²) in [6.07, 6.45) is 12.9. The van der Waals surface area contributed by atoms with E-state index in [4.69, 9.17) is 6.42 Å². The van der Waals surface area contributed by atoms with Crippen molar-refractivity contribution >= 4 is 0 Å². The molecule has 60 valence electrons. The molecule has 0 nitrogen and oxygen atoms in total. The molecular formula is C11H15Li. The molecule has 0 aromatic heterocycles. The third kappa shape index (κ3) is 12.4. The van der Waals surface area contributed by atoms with Gasteiger partial charge in [0.05, 0.1) is 0 Å². The SMILES string of the molecule is [C-]#CCCC#CCCCCC.[Li+]. The molecule has 0 unspecified atom stereocenters. The molecule has 0 aromatic carbocycles. The van der Waals surface area contributed by atoms with Crippen LogP contribution >= 0.6 is 0 Å². The summed E-state index contributed by atoms with van der Waals surface area (Å²) >= 11 is 0. The number of unbranched alkanes of at least 4 members (excludes halogenated alkanes) is 4. The Hall–Kier alpha value is -0.283. The molecule has 0 heterocycles. The first-order valence-electron chi connectivity index (χ1n) is 4.27. The molecule has 0 amide bonds. The van der Waals surface area contributed by atoms with E-state index in [9.17, 15) is 0 Å². The van der Waals surface area contributed by atoms with E-state index in [1.807, 2.05) is 0 Å². The van der Waals surface area contributed by atoms with Crippen LogP contribution < -0.4 is 18.9 Å². The maximum Gasteiger partial charge on any atom is 1.00 e. The second-order valence-electron chi connectivity index (χ2n) is 2.49. The molecule has 0 saturated heterocycles. The van der Waals surface area contributed by atoms with Crippen molar-refractivity contribution in [1.29, 1.82) is 0 Å².